The van der Waals surface area contributed by atoms with Crippen LogP contribution in [0.5, 0.6) is 0 Å². The van der Waals surface area contributed by atoms with E-state index in [0.29, 0.717) is 22.3 Å². The lowest BCUT2D eigenvalue weighted by Gasteiger charge is -2.16. The Morgan fingerprint density at radius 1 is 1.21 bits per heavy atom. The van der Waals surface area contributed by atoms with E-state index < -0.39 is 0 Å². The minimum absolute atomic E-state index is 0.0976. The van der Waals surface area contributed by atoms with Crippen LogP contribution in [0.3, 0.4) is 0 Å². The molecule has 0 spiro atoms. The van der Waals surface area contributed by atoms with Gasteiger partial charge in [0, 0.05) is 42.6 Å². The van der Waals surface area contributed by atoms with Crippen molar-refractivity contribution in [3.05, 3.63) is 70.5 Å². The molecule has 174 valence electrons. The van der Waals surface area contributed by atoms with Gasteiger partial charge in [0.05, 0.1) is 17.0 Å². The van der Waals surface area contributed by atoms with Crippen LogP contribution in [0.2, 0.25) is 0 Å². The number of nitrogens with zero attached hydrogens (tertiary/aromatic N) is 4. The molecule has 8 heteroatoms. The standard InChI is InChI=1S/C26H26N4O2S2/c1-2-19-8-5-9-21-20(16-29(24(19)21)17-23(31)28-11-3-4-12-28)13-22-25(32)30(26(33)34-22)15-18-7-6-10-27-14-18/h5-10,13-14,16H,2-4,11-12,15,17H2,1H3/b22-13-. The van der Waals surface area contributed by atoms with Crippen molar-refractivity contribution in [3.63, 3.8) is 0 Å². The number of rotatable bonds is 6. The molecule has 2 aromatic heterocycles. The van der Waals surface area contributed by atoms with Gasteiger partial charge in [0.1, 0.15) is 10.9 Å². The van der Waals surface area contributed by atoms with Gasteiger partial charge in [-0.05, 0) is 42.5 Å². The predicted molar refractivity (Wildman–Crippen MR) is 140 cm³/mol. The van der Waals surface area contributed by atoms with Crippen molar-refractivity contribution in [3.8, 4) is 0 Å². The summed E-state index contributed by atoms with van der Waals surface area (Å²) >= 11 is 6.84. The van der Waals surface area contributed by atoms with Crippen LogP contribution in [0.15, 0.2) is 53.8 Å². The van der Waals surface area contributed by atoms with Crippen LogP contribution in [0.1, 0.15) is 36.5 Å². The molecule has 0 bridgehead atoms. The summed E-state index contributed by atoms with van der Waals surface area (Å²) in [6.07, 6.45) is 10.4. The van der Waals surface area contributed by atoms with E-state index in [1.807, 2.05) is 35.4 Å². The Bertz CT molecular complexity index is 1290. The van der Waals surface area contributed by atoms with Crippen LogP contribution in [0.4, 0.5) is 0 Å². The van der Waals surface area contributed by atoms with Crippen molar-refractivity contribution in [2.24, 2.45) is 0 Å². The number of thiocarbonyl (C=S) groups is 1. The van der Waals surface area contributed by atoms with Gasteiger partial charge < -0.3 is 9.47 Å². The van der Waals surface area contributed by atoms with E-state index in [2.05, 4.69) is 28.6 Å². The number of hydrogen-bond acceptors (Lipinski definition) is 5. The molecule has 0 unspecified atom stereocenters. The summed E-state index contributed by atoms with van der Waals surface area (Å²) in [6.45, 7) is 4.51. The number of hydrogen-bond donors (Lipinski definition) is 0. The summed E-state index contributed by atoms with van der Waals surface area (Å²) in [7, 11) is 0. The van der Waals surface area contributed by atoms with Gasteiger partial charge >= 0.3 is 0 Å². The maximum absolute atomic E-state index is 13.2. The maximum Gasteiger partial charge on any atom is 0.266 e. The first kappa shape index (κ1) is 22.8. The zero-order valence-electron chi connectivity index (χ0n) is 19.1. The molecule has 2 fully saturated rings. The fourth-order valence-corrected chi connectivity index (χ4v) is 5.90. The zero-order valence-corrected chi connectivity index (χ0v) is 20.7. The molecule has 0 aliphatic carbocycles. The number of likely N-dealkylation sites (tertiary alicyclic amines) is 1. The number of carbonyl (C=O) groups excluding carboxylic acids is 2. The van der Waals surface area contributed by atoms with Gasteiger partial charge in [-0.25, -0.2) is 0 Å². The Hall–Kier alpha value is -2.97. The van der Waals surface area contributed by atoms with Gasteiger partial charge in [-0.15, -0.1) is 0 Å². The molecule has 2 amide bonds. The molecule has 2 aliphatic rings. The van der Waals surface area contributed by atoms with Crippen molar-refractivity contribution >= 4 is 57.1 Å². The number of carbonyl (C=O) groups is 2. The first-order valence-corrected chi connectivity index (χ1v) is 12.8. The average molecular weight is 491 g/mol. The zero-order chi connectivity index (χ0) is 23.7. The molecule has 3 aromatic rings. The van der Waals surface area contributed by atoms with Crippen LogP contribution in [-0.2, 0) is 29.1 Å². The van der Waals surface area contributed by atoms with Gasteiger partial charge in [-0.2, -0.15) is 0 Å². The minimum atomic E-state index is -0.0976. The van der Waals surface area contributed by atoms with Crippen LogP contribution in [0, 0.1) is 0 Å². The number of thioether (sulfide) groups is 1. The summed E-state index contributed by atoms with van der Waals surface area (Å²) in [5, 5.41) is 1.05. The Labute approximate surface area is 208 Å². The van der Waals surface area contributed by atoms with E-state index in [1.54, 1.807) is 17.3 Å². The SMILES string of the molecule is CCc1cccc2c(/C=C3\SC(=S)N(Cc4cccnc4)C3=O)cn(CC(=O)N3CCCC3)c12. The molecule has 6 nitrogen and oxygen atoms in total. The molecule has 5 rings (SSSR count). The van der Waals surface area contributed by atoms with Crippen molar-refractivity contribution in [1.82, 2.24) is 19.4 Å². The molecule has 34 heavy (non-hydrogen) atoms. The van der Waals surface area contributed by atoms with Crippen LogP contribution in [-0.4, -0.2) is 48.6 Å². The van der Waals surface area contributed by atoms with Crippen molar-refractivity contribution in [2.45, 2.75) is 39.3 Å². The van der Waals surface area contributed by atoms with E-state index in [0.717, 1.165) is 54.4 Å². The molecule has 1 aromatic carbocycles. The highest BCUT2D eigenvalue weighted by Gasteiger charge is 2.32. The minimum Gasteiger partial charge on any atom is -0.341 e. The normalized spacial score (nSPS) is 17.5. The second-order valence-electron chi connectivity index (χ2n) is 8.60. The lowest BCUT2D eigenvalue weighted by molar-refractivity contribution is -0.130. The molecule has 0 radical (unpaired) electrons. The predicted octanol–water partition coefficient (Wildman–Crippen LogP) is 4.62. The molecular formula is C26H26N4O2S2. The number of aromatic nitrogens is 2. The Morgan fingerprint density at radius 3 is 2.76 bits per heavy atom. The number of pyridine rings is 1. The summed E-state index contributed by atoms with van der Waals surface area (Å²) < 4.78 is 2.60. The van der Waals surface area contributed by atoms with Crippen LogP contribution >= 0.6 is 24.0 Å². The lowest BCUT2D eigenvalue weighted by atomic mass is 10.1. The number of aryl methyl sites for hydroxylation is 1. The molecule has 2 aliphatic heterocycles. The van der Waals surface area contributed by atoms with E-state index in [-0.39, 0.29) is 11.8 Å². The number of amides is 2. The van der Waals surface area contributed by atoms with E-state index in [9.17, 15) is 9.59 Å². The Kier molecular flexibility index (Phi) is 6.52. The van der Waals surface area contributed by atoms with E-state index in [1.165, 1.54) is 17.3 Å². The second-order valence-corrected chi connectivity index (χ2v) is 10.3. The summed E-state index contributed by atoms with van der Waals surface area (Å²) in [6, 6.07) is 10.0. The van der Waals surface area contributed by atoms with Gasteiger partial charge in [-0.3, -0.25) is 19.5 Å². The lowest BCUT2D eigenvalue weighted by Crippen LogP contribution is -2.30. The third kappa shape index (κ3) is 4.40. The number of para-hydroxylation sites is 1. The Balaban J connectivity index is 1.48. The summed E-state index contributed by atoms with van der Waals surface area (Å²) in [4.78, 5) is 34.4. The van der Waals surface area contributed by atoms with Gasteiger partial charge in [0.2, 0.25) is 5.91 Å². The maximum atomic E-state index is 13.2. The fourth-order valence-electron chi connectivity index (χ4n) is 4.65. The first-order valence-electron chi connectivity index (χ1n) is 11.6. The molecule has 4 heterocycles. The highest BCUT2D eigenvalue weighted by atomic mass is 32.2. The molecular weight excluding hydrogens is 464 g/mol. The second kappa shape index (κ2) is 9.72. The number of fused-ring (bicyclic) bond motifs is 1. The Morgan fingerprint density at radius 2 is 2.03 bits per heavy atom. The molecule has 0 atom stereocenters. The highest BCUT2D eigenvalue weighted by Crippen LogP contribution is 2.36. The van der Waals surface area contributed by atoms with Crippen molar-refractivity contribution in [2.75, 3.05) is 13.1 Å². The van der Waals surface area contributed by atoms with Gasteiger partial charge in [-0.1, -0.05) is 55.2 Å². The topological polar surface area (TPSA) is 58.4 Å². The third-order valence-corrected chi connectivity index (χ3v) is 7.76. The van der Waals surface area contributed by atoms with Gasteiger partial charge in [0.25, 0.3) is 5.91 Å². The molecule has 0 N–H and O–H groups in total. The fraction of sp³-hybridized carbons (Fsp3) is 0.308. The van der Waals surface area contributed by atoms with Gasteiger partial charge in [0.15, 0.2) is 0 Å². The highest BCUT2D eigenvalue weighted by molar-refractivity contribution is 8.26. The van der Waals surface area contributed by atoms with Crippen LogP contribution < -0.4 is 0 Å². The smallest absolute Gasteiger partial charge is 0.266 e. The van der Waals surface area contributed by atoms with Crippen molar-refractivity contribution in [1.29, 1.82) is 0 Å². The third-order valence-electron chi connectivity index (χ3n) is 6.38. The molecule has 0 saturated carbocycles. The molecule has 2 saturated heterocycles. The average Bonchev–Trinajstić information content (AvgIpc) is 3.56. The first-order chi connectivity index (χ1) is 16.5. The quantitative estimate of drug-likeness (QED) is 0.373. The summed E-state index contributed by atoms with van der Waals surface area (Å²) in [5.74, 6) is 0.0502. The summed E-state index contributed by atoms with van der Waals surface area (Å²) in [5.41, 5.74) is 4.12. The largest absolute Gasteiger partial charge is 0.341 e. The van der Waals surface area contributed by atoms with Crippen LogP contribution in [0.25, 0.3) is 17.0 Å². The van der Waals surface area contributed by atoms with E-state index in [4.69, 9.17) is 12.2 Å². The monoisotopic (exact) mass is 490 g/mol. The van der Waals surface area contributed by atoms with E-state index >= 15 is 0 Å². The number of benzene rings is 1. The van der Waals surface area contributed by atoms with Crippen molar-refractivity contribution < 1.29 is 9.59 Å².